The standard InChI is InChI=1S/C12H11O4P.C6H7NO/c13-17(14,15-11-7-3-1-4-8-11)16-12-9-5-2-6-10-12;7-5-2-1-3-6(8)4-5/h1-10H,(H,13,14);1-4,8H,7H2. The van der Waals surface area contributed by atoms with Crippen LogP contribution in [0.2, 0.25) is 0 Å². The second kappa shape index (κ2) is 8.78. The van der Waals surface area contributed by atoms with Crippen molar-refractivity contribution in [2.75, 3.05) is 5.73 Å². The molecule has 6 nitrogen and oxygen atoms in total. The summed E-state index contributed by atoms with van der Waals surface area (Å²) >= 11 is 0. The average molecular weight is 359 g/mol. The van der Waals surface area contributed by atoms with Gasteiger partial charge in [0.15, 0.2) is 0 Å². The van der Waals surface area contributed by atoms with Crippen LogP contribution in [0.5, 0.6) is 17.2 Å². The maximum absolute atomic E-state index is 11.7. The van der Waals surface area contributed by atoms with Gasteiger partial charge in [0.2, 0.25) is 0 Å². The van der Waals surface area contributed by atoms with E-state index >= 15 is 0 Å². The van der Waals surface area contributed by atoms with Crippen LogP contribution in [0.25, 0.3) is 0 Å². The zero-order chi connectivity index (χ0) is 18.1. The summed E-state index contributed by atoms with van der Waals surface area (Å²) in [5.41, 5.74) is 5.89. The Labute approximate surface area is 145 Å². The summed E-state index contributed by atoms with van der Waals surface area (Å²) in [6.07, 6.45) is 0. The second-order valence-electron chi connectivity index (χ2n) is 4.87. The number of anilines is 1. The quantitative estimate of drug-likeness (QED) is 0.476. The maximum Gasteiger partial charge on any atom is 0.584 e. The second-order valence-corrected chi connectivity index (χ2v) is 6.17. The van der Waals surface area contributed by atoms with Gasteiger partial charge in [-0.05, 0) is 36.4 Å². The Hall–Kier alpha value is -2.95. The molecule has 0 radical (unpaired) electrons. The van der Waals surface area contributed by atoms with Gasteiger partial charge in [0.05, 0.1) is 0 Å². The molecule has 0 bridgehead atoms. The van der Waals surface area contributed by atoms with Crippen LogP contribution < -0.4 is 14.8 Å². The third-order valence-electron chi connectivity index (χ3n) is 2.80. The zero-order valence-electron chi connectivity index (χ0n) is 13.2. The minimum absolute atomic E-state index is 0.213. The number of nitrogens with two attached hydrogens (primary N) is 1. The summed E-state index contributed by atoms with van der Waals surface area (Å²) in [7, 11) is -4.14. The van der Waals surface area contributed by atoms with E-state index in [4.69, 9.17) is 19.9 Å². The molecule has 0 atom stereocenters. The molecular formula is C18H18NO5P. The molecule has 7 heteroatoms. The van der Waals surface area contributed by atoms with Crippen LogP contribution in [-0.2, 0) is 4.57 Å². The predicted octanol–water partition coefficient (Wildman–Crippen LogP) is 4.22. The lowest BCUT2D eigenvalue weighted by Gasteiger charge is -2.13. The normalized spacial score (nSPS) is 10.3. The molecule has 25 heavy (non-hydrogen) atoms. The number of phosphoric ester groups is 1. The van der Waals surface area contributed by atoms with Crippen LogP contribution in [0.1, 0.15) is 0 Å². The number of phenolic OH excluding ortho intramolecular Hbond substituents is 1. The molecule has 3 rings (SSSR count). The molecule has 0 heterocycles. The molecule has 0 spiro atoms. The van der Waals surface area contributed by atoms with E-state index in [-0.39, 0.29) is 17.2 Å². The lowest BCUT2D eigenvalue weighted by Crippen LogP contribution is -1.99. The van der Waals surface area contributed by atoms with Crippen LogP contribution in [-0.4, -0.2) is 10.00 Å². The van der Waals surface area contributed by atoms with E-state index in [0.717, 1.165) is 0 Å². The van der Waals surface area contributed by atoms with E-state index in [2.05, 4.69) is 0 Å². The Balaban J connectivity index is 0.000000236. The highest BCUT2D eigenvalue weighted by atomic mass is 31.2. The molecule has 3 aromatic carbocycles. The number of para-hydroxylation sites is 2. The Morgan fingerprint density at radius 1 is 0.760 bits per heavy atom. The van der Waals surface area contributed by atoms with Gasteiger partial charge in [-0.2, -0.15) is 0 Å². The first-order valence-corrected chi connectivity index (χ1v) is 8.81. The van der Waals surface area contributed by atoms with Crippen molar-refractivity contribution < 1.29 is 23.6 Å². The SMILES string of the molecule is Nc1cccc(O)c1.O=P(O)(Oc1ccccc1)Oc1ccccc1. The summed E-state index contributed by atoms with van der Waals surface area (Å²) in [5, 5.41) is 8.73. The molecular weight excluding hydrogens is 341 g/mol. The first-order valence-electron chi connectivity index (χ1n) is 7.31. The van der Waals surface area contributed by atoms with E-state index < -0.39 is 7.82 Å². The van der Waals surface area contributed by atoms with Crippen molar-refractivity contribution in [3.8, 4) is 17.2 Å². The topological polar surface area (TPSA) is 102 Å². The summed E-state index contributed by atoms with van der Waals surface area (Å²) < 4.78 is 21.5. The first-order chi connectivity index (χ1) is 11.9. The van der Waals surface area contributed by atoms with E-state index in [1.807, 2.05) is 0 Å². The third kappa shape index (κ3) is 6.99. The van der Waals surface area contributed by atoms with Gasteiger partial charge in [-0.3, -0.25) is 4.89 Å². The number of rotatable bonds is 4. The van der Waals surface area contributed by atoms with Crippen molar-refractivity contribution in [1.29, 1.82) is 0 Å². The Morgan fingerprint density at radius 3 is 1.60 bits per heavy atom. The number of phosphoric acid groups is 1. The smallest absolute Gasteiger partial charge is 0.508 e. The number of benzene rings is 3. The van der Waals surface area contributed by atoms with Gasteiger partial charge >= 0.3 is 7.82 Å². The van der Waals surface area contributed by atoms with Gasteiger partial charge in [-0.15, -0.1) is 0 Å². The molecule has 4 N–H and O–H groups in total. The van der Waals surface area contributed by atoms with Gasteiger partial charge in [-0.25, -0.2) is 4.57 Å². The molecule has 0 fully saturated rings. The Kier molecular flexibility index (Phi) is 6.46. The van der Waals surface area contributed by atoms with Crippen LogP contribution >= 0.6 is 7.82 Å². The average Bonchev–Trinajstić information content (AvgIpc) is 2.56. The molecule has 0 aromatic heterocycles. The minimum atomic E-state index is -4.14. The fourth-order valence-corrected chi connectivity index (χ4v) is 2.59. The van der Waals surface area contributed by atoms with E-state index in [0.29, 0.717) is 5.69 Å². The van der Waals surface area contributed by atoms with Crippen LogP contribution in [0, 0.1) is 0 Å². The monoisotopic (exact) mass is 359 g/mol. The van der Waals surface area contributed by atoms with Gasteiger partial charge in [0.1, 0.15) is 17.2 Å². The van der Waals surface area contributed by atoms with Crippen molar-refractivity contribution in [2.45, 2.75) is 0 Å². The molecule has 0 aliphatic heterocycles. The molecule has 0 saturated heterocycles. The number of hydrogen-bond acceptors (Lipinski definition) is 5. The van der Waals surface area contributed by atoms with Gasteiger partial charge < -0.3 is 19.9 Å². The largest absolute Gasteiger partial charge is 0.584 e. The van der Waals surface area contributed by atoms with Crippen LogP contribution in [0.15, 0.2) is 84.9 Å². The lowest BCUT2D eigenvalue weighted by molar-refractivity contribution is 0.291. The fraction of sp³-hybridized carbons (Fsp3) is 0. The maximum atomic E-state index is 11.7. The zero-order valence-corrected chi connectivity index (χ0v) is 14.1. The van der Waals surface area contributed by atoms with Gasteiger partial charge in [-0.1, -0.05) is 42.5 Å². The Morgan fingerprint density at radius 2 is 1.24 bits per heavy atom. The van der Waals surface area contributed by atoms with Crippen LogP contribution in [0.4, 0.5) is 5.69 Å². The van der Waals surface area contributed by atoms with Crippen LogP contribution in [0.3, 0.4) is 0 Å². The number of phenols is 1. The molecule has 0 aliphatic rings. The number of aromatic hydroxyl groups is 1. The fourth-order valence-electron chi connectivity index (χ4n) is 1.77. The highest BCUT2D eigenvalue weighted by molar-refractivity contribution is 7.48. The van der Waals surface area contributed by atoms with Crippen molar-refractivity contribution in [3.05, 3.63) is 84.9 Å². The van der Waals surface area contributed by atoms with E-state index in [9.17, 15) is 9.46 Å². The minimum Gasteiger partial charge on any atom is -0.508 e. The van der Waals surface area contributed by atoms with Crippen molar-refractivity contribution in [1.82, 2.24) is 0 Å². The number of hydrogen-bond donors (Lipinski definition) is 3. The van der Waals surface area contributed by atoms with Crippen molar-refractivity contribution in [3.63, 3.8) is 0 Å². The highest BCUT2D eigenvalue weighted by Crippen LogP contribution is 2.44. The molecule has 0 aliphatic carbocycles. The first kappa shape index (κ1) is 18.4. The van der Waals surface area contributed by atoms with Crippen molar-refractivity contribution in [2.24, 2.45) is 0 Å². The summed E-state index contributed by atoms with van der Waals surface area (Å²) in [4.78, 5) is 9.53. The lowest BCUT2D eigenvalue weighted by atomic mass is 10.3. The summed E-state index contributed by atoms with van der Waals surface area (Å²) in [5.74, 6) is 0.786. The summed E-state index contributed by atoms with van der Waals surface area (Å²) in [6.45, 7) is 0. The van der Waals surface area contributed by atoms with E-state index in [1.54, 1.807) is 78.9 Å². The molecule has 130 valence electrons. The van der Waals surface area contributed by atoms with Crippen molar-refractivity contribution >= 4 is 13.5 Å². The third-order valence-corrected chi connectivity index (χ3v) is 3.68. The van der Waals surface area contributed by atoms with E-state index in [1.165, 1.54) is 6.07 Å². The molecule has 0 unspecified atom stereocenters. The molecule has 3 aromatic rings. The highest BCUT2D eigenvalue weighted by Gasteiger charge is 2.24. The number of nitrogen functional groups attached to an aromatic ring is 1. The molecule has 0 saturated carbocycles. The Bertz CT molecular complexity index is 764. The molecule has 0 amide bonds. The summed E-state index contributed by atoms with van der Waals surface area (Å²) in [6, 6.07) is 23.2. The predicted molar refractivity (Wildman–Crippen MR) is 96.5 cm³/mol. The van der Waals surface area contributed by atoms with Gasteiger partial charge in [0, 0.05) is 11.8 Å². The van der Waals surface area contributed by atoms with Gasteiger partial charge in [0.25, 0.3) is 0 Å².